The van der Waals surface area contributed by atoms with E-state index >= 15 is 0 Å². The highest BCUT2D eigenvalue weighted by Gasteiger charge is 2.32. The number of pyridine rings is 1. The van der Waals surface area contributed by atoms with Crippen LogP contribution in [0, 0.1) is 6.92 Å². The number of hydrogen-bond donors (Lipinski definition) is 3. The van der Waals surface area contributed by atoms with Crippen LogP contribution in [0.4, 0.5) is 0 Å². The number of carbonyl (C=O) groups is 1. The summed E-state index contributed by atoms with van der Waals surface area (Å²) in [5.74, 6) is -1.07. The fourth-order valence-electron chi connectivity index (χ4n) is 5.50. The highest BCUT2D eigenvalue weighted by Crippen LogP contribution is 2.35. The number of H-pyrrole nitrogens is 2. The topological polar surface area (TPSA) is 129 Å². The molecule has 0 radical (unpaired) electrons. The van der Waals surface area contributed by atoms with Crippen molar-refractivity contribution < 1.29 is 19.1 Å². The molecule has 0 bridgehead atoms. The number of para-hydroxylation sites is 1. The van der Waals surface area contributed by atoms with Gasteiger partial charge in [0.05, 0.1) is 19.6 Å². The Morgan fingerprint density at radius 2 is 1.92 bits per heavy atom. The van der Waals surface area contributed by atoms with Gasteiger partial charge in [0, 0.05) is 52.1 Å². The van der Waals surface area contributed by atoms with Crippen molar-refractivity contribution >= 4 is 27.7 Å². The minimum atomic E-state index is -0.992. The highest BCUT2D eigenvalue weighted by molar-refractivity contribution is 5.86. The van der Waals surface area contributed by atoms with Crippen LogP contribution in [-0.2, 0) is 17.8 Å². The number of aromatic amines is 2. The molecule has 1 atom stereocenters. The van der Waals surface area contributed by atoms with E-state index in [1.54, 1.807) is 43.2 Å². The third-order valence-corrected chi connectivity index (χ3v) is 7.46. The van der Waals surface area contributed by atoms with Crippen molar-refractivity contribution in [1.29, 1.82) is 0 Å². The number of aromatic hydroxyl groups is 1. The van der Waals surface area contributed by atoms with E-state index in [1.165, 1.54) is 11.6 Å². The lowest BCUT2D eigenvalue weighted by atomic mass is 9.91. The van der Waals surface area contributed by atoms with E-state index in [-0.39, 0.29) is 29.4 Å². The fraction of sp³-hybridized carbons (Fsp3) is 0.233. The van der Waals surface area contributed by atoms with Gasteiger partial charge in [-0.1, -0.05) is 18.2 Å². The summed E-state index contributed by atoms with van der Waals surface area (Å²) < 4.78 is 11.1. The molecule has 0 spiro atoms. The van der Waals surface area contributed by atoms with Gasteiger partial charge in [0.2, 0.25) is 17.1 Å². The summed E-state index contributed by atoms with van der Waals surface area (Å²) in [6.07, 6.45) is 0.519. The van der Waals surface area contributed by atoms with Crippen molar-refractivity contribution in [1.82, 2.24) is 14.9 Å². The SMILES string of the molecule is COc1ccc2[nH]c(=O)c([C@@H](CC(=O)N3CCc4c([nH]c5ccccc45)C3)c3oc(C)cc(=O)c3O)cc2c1. The van der Waals surface area contributed by atoms with E-state index in [1.807, 2.05) is 18.2 Å². The number of aryl methyl sites for hydroxylation is 1. The van der Waals surface area contributed by atoms with E-state index < -0.39 is 22.7 Å². The van der Waals surface area contributed by atoms with Crippen molar-refractivity contribution in [2.75, 3.05) is 13.7 Å². The van der Waals surface area contributed by atoms with Crippen molar-refractivity contribution in [3.05, 3.63) is 104 Å². The number of benzene rings is 2. The van der Waals surface area contributed by atoms with Crippen LogP contribution in [0.5, 0.6) is 11.5 Å². The van der Waals surface area contributed by atoms with Gasteiger partial charge in [-0.25, -0.2) is 0 Å². The molecule has 1 amide bonds. The summed E-state index contributed by atoms with van der Waals surface area (Å²) in [6, 6.07) is 16.1. The largest absolute Gasteiger partial charge is 0.502 e. The van der Waals surface area contributed by atoms with E-state index in [4.69, 9.17) is 9.15 Å². The predicted molar refractivity (Wildman–Crippen MR) is 146 cm³/mol. The maximum atomic E-state index is 13.7. The lowest BCUT2D eigenvalue weighted by molar-refractivity contribution is -0.132. The van der Waals surface area contributed by atoms with Gasteiger partial charge in [0.1, 0.15) is 11.5 Å². The van der Waals surface area contributed by atoms with Crippen LogP contribution in [0.25, 0.3) is 21.8 Å². The maximum absolute atomic E-state index is 13.7. The number of carbonyl (C=O) groups excluding carboxylic acids is 1. The minimum Gasteiger partial charge on any atom is -0.502 e. The summed E-state index contributed by atoms with van der Waals surface area (Å²) in [4.78, 5) is 47.5. The highest BCUT2D eigenvalue weighted by atomic mass is 16.5. The zero-order chi connectivity index (χ0) is 27.3. The summed E-state index contributed by atoms with van der Waals surface area (Å²) in [5, 5.41) is 12.5. The Bertz CT molecular complexity index is 1870. The molecular weight excluding hydrogens is 498 g/mol. The van der Waals surface area contributed by atoms with Crippen LogP contribution < -0.4 is 15.7 Å². The smallest absolute Gasteiger partial charge is 0.252 e. The minimum absolute atomic E-state index is 0.107. The molecule has 39 heavy (non-hydrogen) atoms. The second kappa shape index (κ2) is 9.50. The van der Waals surface area contributed by atoms with Crippen LogP contribution in [0.2, 0.25) is 0 Å². The van der Waals surface area contributed by atoms with Crippen molar-refractivity contribution in [3.63, 3.8) is 0 Å². The first-order valence-electron chi connectivity index (χ1n) is 12.7. The Morgan fingerprint density at radius 1 is 1.10 bits per heavy atom. The molecule has 0 fully saturated rings. The molecule has 2 aromatic carbocycles. The lowest BCUT2D eigenvalue weighted by Gasteiger charge is -2.29. The van der Waals surface area contributed by atoms with Gasteiger partial charge in [-0.15, -0.1) is 0 Å². The molecule has 0 unspecified atom stereocenters. The quantitative estimate of drug-likeness (QED) is 0.317. The summed E-state index contributed by atoms with van der Waals surface area (Å²) in [5.41, 5.74) is 2.93. The third kappa shape index (κ3) is 4.35. The average Bonchev–Trinajstić information content (AvgIpc) is 3.31. The lowest BCUT2D eigenvalue weighted by Crippen LogP contribution is -2.37. The molecule has 6 rings (SSSR count). The monoisotopic (exact) mass is 525 g/mol. The molecule has 1 aliphatic heterocycles. The van der Waals surface area contributed by atoms with E-state index in [9.17, 15) is 19.5 Å². The molecule has 3 aromatic heterocycles. The predicted octanol–water partition coefficient (Wildman–Crippen LogP) is 4.09. The van der Waals surface area contributed by atoms with Gasteiger partial charge in [-0.2, -0.15) is 0 Å². The molecule has 5 aromatic rings. The van der Waals surface area contributed by atoms with Crippen molar-refractivity contribution in [2.45, 2.75) is 32.2 Å². The van der Waals surface area contributed by atoms with Gasteiger partial charge in [-0.05, 0) is 49.2 Å². The number of methoxy groups -OCH3 is 1. The number of nitrogens with one attached hydrogen (secondary N) is 2. The van der Waals surface area contributed by atoms with Crippen molar-refractivity contribution in [3.8, 4) is 11.5 Å². The van der Waals surface area contributed by atoms with Gasteiger partial charge < -0.3 is 29.1 Å². The zero-order valence-electron chi connectivity index (χ0n) is 21.5. The van der Waals surface area contributed by atoms with Crippen LogP contribution in [0.3, 0.4) is 0 Å². The average molecular weight is 526 g/mol. The molecule has 0 saturated carbocycles. The molecule has 198 valence electrons. The Morgan fingerprint density at radius 3 is 2.74 bits per heavy atom. The van der Waals surface area contributed by atoms with Crippen LogP contribution in [0.1, 0.15) is 40.7 Å². The Balaban J connectivity index is 1.41. The molecule has 4 heterocycles. The van der Waals surface area contributed by atoms with Crippen LogP contribution >= 0.6 is 0 Å². The first-order valence-corrected chi connectivity index (χ1v) is 12.7. The van der Waals surface area contributed by atoms with E-state index in [0.717, 1.165) is 16.6 Å². The number of rotatable bonds is 5. The number of ether oxygens (including phenoxy) is 1. The zero-order valence-corrected chi connectivity index (χ0v) is 21.5. The molecule has 0 aliphatic carbocycles. The fourth-order valence-corrected chi connectivity index (χ4v) is 5.50. The maximum Gasteiger partial charge on any atom is 0.252 e. The standard InChI is InChI=1S/C30H27N3O6/c1-16-11-26(34)28(36)29(39-16)21(22-13-17-12-18(38-2)7-8-23(17)32-30(22)37)14-27(35)33-10-9-20-19-5-3-4-6-24(19)31-25(20)15-33/h3-8,11-13,21,31,36H,9-10,14-15H2,1-2H3,(H,32,37)/t21-/m1/s1. The van der Waals surface area contributed by atoms with Crippen LogP contribution in [-0.4, -0.2) is 39.5 Å². The first-order chi connectivity index (χ1) is 18.8. The second-order valence-electron chi connectivity index (χ2n) is 9.89. The summed E-state index contributed by atoms with van der Waals surface area (Å²) in [6.45, 7) is 2.49. The van der Waals surface area contributed by atoms with Gasteiger partial charge in [0.25, 0.3) is 5.56 Å². The number of nitrogens with zero attached hydrogens (tertiary/aromatic N) is 1. The number of fused-ring (bicyclic) bond motifs is 4. The molecule has 9 heteroatoms. The summed E-state index contributed by atoms with van der Waals surface area (Å²) >= 11 is 0. The Kier molecular flexibility index (Phi) is 5.98. The van der Waals surface area contributed by atoms with E-state index in [2.05, 4.69) is 16.0 Å². The molecule has 3 N–H and O–H groups in total. The number of aromatic nitrogens is 2. The third-order valence-electron chi connectivity index (χ3n) is 7.46. The molecule has 9 nitrogen and oxygen atoms in total. The van der Waals surface area contributed by atoms with Gasteiger partial charge in [-0.3, -0.25) is 14.4 Å². The van der Waals surface area contributed by atoms with Gasteiger partial charge in [0.15, 0.2) is 5.76 Å². The van der Waals surface area contributed by atoms with E-state index in [0.29, 0.717) is 36.2 Å². The van der Waals surface area contributed by atoms with Crippen LogP contribution in [0.15, 0.2) is 68.6 Å². The molecule has 1 aliphatic rings. The van der Waals surface area contributed by atoms with Crippen molar-refractivity contribution in [2.24, 2.45) is 0 Å². The Labute approximate surface area is 222 Å². The summed E-state index contributed by atoms with van der Waals surface area (Å²) in [7, 11) is 1.55. The number of hydrogen-bond acceptors (Lipinski definition) is 6. The molecule has 0 saturated heterocycles. The molecular formula is C30H27N3O6. The first kappa shape index (κ1) is 24.5. The van der Waals surface area contributed by atoms with Gasteiger partial charge >= 0.3 is 0 Å². The normalized spacial score (nSPS) is 13.9. The Hall–Kier alpha value is -4.79. The number of amides is 1. The second-order valence-corrected chi connectivity index (χ2v) is 9.89.